The highest BCUT2D eigenvalue weighted by molar-refractivity contribution is 8.24. The minimum Gasteiger partial charge on any atom is -0.366 e. The van der Waals surface area contributed by atoms with Gasteiger partial charge in [-0.25, -0.2) is 0 Å². The lowest BCUT2D eigenvalue weighted by atomic mass is 9.90. The predicted molar refractivity (Wildman–Crippen MR) is 117 cm³/mol. The Balaban J connectivity index is 1.84. The van der Waals surface area contributed by atoms with Crippen molar-refractivity contribution >= 4 is 39.0 Å². The van der Waals surface area contributed by atoms with Crippen LogP contribution in [0.1, 0.15) is 40.2 Å². The lowest BCUT2D eigenvalue weighted by molar-refractivity contribution is 0.100. The van der Waals surface area contributed by atoms with Gasteiger partial charge in [-0.3, -0.25) is 13.9 Å². The molecule has 1 fully saturated rings. The summed E-state index contributed by atoms with van der Waals surface area (Å²) in [5, 5.41) is 1.62. The number of carbonyl (C=O) groups is 1. The van der Waals surface area contributed by atoms with Crippen molar-refractivity contribution in [1.82, 2.24) is 4.98 Å². The number of hydrogen-bond acceptors (Lipinski definition) is 3. The van der Waals surface area contributed by atoms with Gasteiger partial charge >= 0.3 is 0 Å². The van der Waals surface area contributed by atoms with Gasteiger partial charge in [0, 0.05) is 28.1 Å². The van der Waals surface area contributed by atoms with Gasteiger partial charge < -0.3 is 10.7 Å². The molecule has 5 N–H and O–H groups in total. The van der Waals surface area contributed by atoms with E-state index < -0.39 is 16.5 Å². The lowest BCUT2D eigenvalue weighted by Crippen LogP contribution is -2.19. The summed E-state index contributed by atoms with van der Waals surface area (Å²) >= 11 is 6.30. The number of carbonyl (C=O) groups excluding carboxylic acids is 1. The molecule has 4 rings (SSSR count). The number of aromatic nitrogens is 1. The van der Waals surface area contributed by atoms with E-state index in [9.17, 15) is 13.9 Å². The Hall–Kier alpha value is -1.99. The summed E-state index contributed by atoms with van der Waals surface area (Å²) < 4.78 is 19.8. The van der Waals surface area contributed by atoms with E-state index >= 15 is 0 Å². The number of H-pyrrole nitrogens is 1. The zero-order valence-corrected chi connectivity index (χ0v) is 17.1. The van der Waals surface area contributed by atoms with Crippen molar-refractivity contribution in [3.05, 3.63) is 58.2 Å². The number of halogens is 1. The molecule has 28 heavy (non-hydrogen) atoms. The highest BCUT2D eigenvalue weighted by Gasteiger charge is 2.27. The minimum atomic E-state index is -2.44. The van der Waals surface area contributed by atoms with E-state index in [1.54, 1.807) is 6.07 Å². The lowest BCUT2D eigenvalue weighted by Gasteiger charge is -2.39. The number of aryl methyl sites for hydroxylation is 1. The van der Waals surface area contributed by atoms with Crippen molar-refractivity contribution in [2.45, 2.75) is 25.7 Å². The molecule has 7 heteroatoms. The summed E-state index contributed by atoms with van der Waals surface area (Å²) in [5.74, 6) is 0.558. The first-order valence-electron chi connectivity index (χ1n) is 9.20. The molecule has 1 saturated heterocycles. The number of aromatic amines is 1. The Labute approximate surface area is 170 Å². The van der Waals surface area contributed by atoms with Crippen LogP contribution in [0, 0.1) is 6.92 Å². The van der Waals surface area contributed by atoms with Gasteiger partial charge in [0.05, 0.1) is 11.1 Å². The average Bonchev–Trinajstić information content (AvgIpc) is 3.07. The van der Waals surface area contributed by atoms with Crippen LogP contribution in [0.3, 0.4) is 0 Å². The molecule has 5 nitrogen and oxygen atoms in total. The molecule has 3 aromatic rings. The average molecular weight is 419 g/mol. The number of fused-ring (bicyclic) bond motifs is 1. The fraction of sp³-hybridized carbons (Fsp3) is 0.286. The smallest absolute Gasteiger partial charge is 0.250 e. The Bertz CT molecular complexity index is 1070. The number of benzene rings is 2. The van der Waals surface area contributed by atoms with Gasteiger partial charge in [-0.1, -0.05) is 23.7 Å². The first kappa shape index (κ1) is 19.3. The van der Waals surface area contributed by atoms with Gasteiger partial charge in [-0.05, 0) is 66.1 Å². The fourth-order valence-electron chi connectivity index (χ4n) is 3.94. The van der Waals surface area contributed by atoms with Gasteiger partial charge in [-0.2, -0.15) is 10.6 Å². The molecule has 0 aliphatic carbocycles. The molecule has 1 aliphatic rings. The Morgan fingerprint density at radius 2 is 1.89 bits per heavy atom. The standard InChI is InChI=1S/C21H23ClN2O3S/c1-12-2-3-14(10-19(12)22)15-8-16-18(13-4-6-28(26,27)7-5-13)11-24-20(16)17(9-15)21(23)25/h2-3,8-11,13,24,26-27H,4-7H2,1H3,(H2,23,25). The van der Waals surface area contributed by atoms with Crippen LogP contribution in [-0.2, 0) is 0 Å². The molecule has 0 atom stereocenters. The van der Waals surface area contributed by atoms with Gasteiger partial charge in [-0.15, -0.1) is 0 Å². The second-order valence-corrected chi connectivity index (χ2v) is 10.3. The molecule has 0 saturated carbocycles. The van der Waals surface area contributed by atoms with Crippen LogP contribution in [0.15, 0.2) is 36.5 Å². The van der Waals surface area contributed by atoms with E-state index in [1.165, 1.54) is 0 Å². The molecule has 0 spiro atoms. The van der Waals surface area contributed by atoms with Crippen molar-refractivity contribution in [2.75, 3.05) is 11.5 Å². The van der Waals surface area contributed by atoms with E-state index in [0.29, 0.717) is 34.9 Å². The summed E-state index contributed by atoms with van der Waals surface area (Å²) in [6.45, 7) is 1.95. The fourth-order valence-corrected chi connectivity index (χ4v) is 5.65. The highest BCUT2D eigenvalue weighted by Crippen LogP contribution is 2.49. The quantitative estimate of drug-likeness (QED) is 0.450. The van der Waals surface area contributed by atoms with E-state index in [1.807, 2.05) is 31.3 Å². The van der Waals surface area contributed by atoms with Gasteiger partial charge in [0.2, 0.25) is 0 Å². The Morgan fingerprint density at radius 3 is 2.54 bits per heavy atom. The van der Waals surface area contributed by atoms with Crippen molar-refractivity contribution in [1.29, 1.82) is 0 Å². The molecule has 2 aromatic carbocycles. The van der Waals surface area contributed by atoms with Gasteiger partial charge in [0.1, 0.15) is 0 Å². The molecule has 1 amide bonds. The number of nitrogens with two attached hydrogens (primary N) is 1. The third-order valence-electron chi connectivity index (χ3n) is 5.62. The number of primary amides is 1. The Kier molecular flexibility index (Phi) is 4.91. The Morgan fingerprint density at radius 1 is 1.18 bits per heavy atom. The van der Waals surface area contributed by atoms with Crippen molar-refractivity contribution < 1.29 is 13.9 Å². The van der Waals surface area contributed by atoms with Crippen LogP contribution in [0.2, 0.25) is 5.02 Å². The van der Waals surface area contributed by atoms with Crippen LogP contribution < -0.4 is 5.73 Å². The van der Waals surface area contributed by atoms with Crippen molar-refractivity contribution in [2.24, 2.45) is 5.73 Å². The summed E-state index contributed by atoms with van der Waals surface area (Å²) in [6, 6.07) is 9.68. The molecule has 148 valence electrons. The topological polar surface area (TPSA) is 99.3 Å². The molecular weight excluding hydrogens is 396 g/mol. The molecule has 1 aliphatic heterocycles. The predicted octanol–water partition coefficient (Wildman–Crippen LogP) is 5.52. The number of amides is 1. The summed E-state index contributed by atoms with van der Waals surface area (Å²) in [4.78, 5) is 15.3. The number of rotatable bonds is 3. The van der Waals surface area contributed by atoms with Crippen LogP contribution in [-0.4, -0.2) is 31.5 Å². The first-order chi connectivity index (χ1) is 13.2. The maximum absolute atomic E-state index is 12.1. The first-order valence-corrected chi connectivity index (χ1v) is 11.5. The molecular formula is C21H23ClN2O3S. The zero-order chi connectivity index (χ0) is 20.1. The molecule has 2 heterocycles. The monoisotopic (exact) mass is 418 g/mol. The van der Waals surface area contributed by atoms with E-state index in [2.05, 4.69) is 11.1 Å². The third-order valence-corrected chi connectivity index (χ3v) is 7.80. The molecule has 0 radical (unpaired) electrons. The van der Waals surface area contributed by atoms with Crippen LogP contribution >= 0.6 is 22.2 Å². The number of nitrogens with one attached hydrogen (secondary N) is 1. The third kappa shape index (κ3) is 3.53. The van der Waals surface area contributed by atoms with E-state index in [0.717, 1.165) is 33.2 Å². The molecule has 0 unspecified atom stereocenters. The van der Waals surface area contributed by atoms with Crippen LogP contribution in [0.25, 0.3) is 22.0 Å². The van der Waals surface area contributed by atoms with Gasteiger partial charge in [0.25, 0.3) is 5.91 Å². The zero-order valence-electron chi connectivity index (χ0n) is 15.5. The largest absolute Gasteiger partial charge is 0.366 e. The van der Waals surface area contributed by atoms with Crippen molar-refractivity contribution in [3.8, 4) is 11.1 Å². The van der Waals surface area contributed by atoms with Gasteiger partial charge in [0.15, 0.2) is 0 Å². The normalized spacial score (nSPS) is 18.3. The van der Waals surface area contributed by atoms with E-state index in [-0.39, 0.29) is 5.92 Å². The summed E-state index contributed by atoms with van der Waals surface area (Å²) in [6.07, 6.45) is 3.34. The molecule has 0 bridgehead atoms. The maximum atomic E-state index is 12.1. The van der Waals surface area contributed by atoms with Crippen LogP contribution in [0.5, 0.6) is 0 Å². The summed E-state index contributed by atoms with van der Waals surface area (Å²) in [7, 11) is -2.44. The second kappa shape index (κ2) is 7.12. The van der Waals surface area contributed by atoms with E-state index in [4.69, 9.17) is 17.3 Å². The number of hydrogen-bond donors (Lipinski definition) is 4. The summed E-state index contributed by atoms with van der Waals surface area (Å²) in [5.41, 5.74) is 10.7. The minimum absolute atomic E-state index is 0.214. The van der Waals surface area contributed by atoms with Crippen molar-refractivity contribution in [3.63, 3.8) is 0 Å². The highest BCUT2D eigenvalue weighted by atomic mass is 35.5. The SMILES string of the molecule is Cc1ccc(-c2cc(C(N)=O)c3[nH]cc(C4CCS(O)(O)CC4)c3c2)cc1Cl. The maximum Gasteiger partial charge on any atom is 0.250 e. The van der Waals surface area contributed by atoms with Crippen LogP contribution in [0.4, 0.5) is 0 Å². The molecule has 1 aromatic heterocycles. The second-order valence-electron chi connectivity index (χ2n) is 7.50.